The molecular formula is C10H19F3N2OS. The van der Waals surface area contributed by atoms with Crippen molar-refractivity contribution in [3.63, 3.8) is 0 Å². The molecule has 1 fully saturated rings. The Kier molecular flexibility index (Phi) is 6.61. The Balaban J connectivity index is 1.94. The van der Waals surface area contributed by atoms with Gasteiger partial charge in [0.05, 0.1) is 6.10 Å². The lowest BCUT2D eigenvalue weighted by molar-refractivity contribution is -0.0327. The van der Waals surface area contributed by atoms with Crippen LogP contribution in [0.25, 0.3) is 0 Å². The summed E-state index contributed by atoms with van der Waals surface area (Å²) in [6.45, 7) is 3.26. The molecule has 1 aliphatic heterocycles. The van der Waals surface area contributed by atoms with Crippen LogP contribution < -0.4 is 5.32 Å². The van der Waals surface area contributed by atoms with Crippen LogP contribution in [0.15, 0.2) is 0 Å². The fourth-order valence-corrected chi connectivity index (χ4v) is 2.31. The van der Waals surface area contributed by atoms with Crippen molar-refractivity contribution in [3.05, 3.63) is 0 Å². The van der Waals surface area contributed by atoms with Crippen molar-refractivity contribution in [1.82, 2.24) is 10.2 Å². The van der Waals surface area contributed by atoms with Gasteiger partial charge in [-0.1, -0.05) is 0 Å². The highest BCUT2D eigenvalue weighted by atomic mass is 32.2. The van der Waals surface area contributed by atoms with Crippen molar-refractivity contribution in [3.8, 4) is 0 Å². The van der Waals surface area contributed by atoms with Crippen molar-refractivity contribution < 1.29 is 18.3 Å². The molecule has 102 valence electrons. The summed E-state index contributed by atoms with van der Waals surface area (Å²) in [7, 11) is 0. The SMILES string of the molecule is OC(CNCCSC(F)(F)F)CN1CCCC1. The molecule has 0 spiro atoms. The first-order chi connectivity index (χ1) is 7.97. The molecule has 7 heteroatoms. The smallest absolute Gasteiger partial charge is 0.390 e. The first kappa shape index (κ1) is 15.1. The lowest BCUT2D eigenvalue weighted by atomic mass is 10.3. The fourth-order valence-electron chi connectivity index (χ4n) is 1.84. The minimum Gasteiger partial charge on any atom is -0.390 e. The Morgan fingerprint density at radius 1 is 1.29 bits per heavy atom. The zero-order chi connectivity index (χ0) is 12.7. The molecule has 1 rings (SSSR count). The van der Waals surface area contributed by atoms with Crippen molar-refractivity contribution >= 4 is 11.8 Å². The molecule has 3 nitrogen and oxygen atoms in total. The number of halogens is 3. The van der Waals surface area contributed by atoms with Crippen LogP contribution in [0.2, 0.25) is 0 Å². The number of likely N-dealkylation sites (tertiary alicyclic amines) is 1. The maximum atomic E-state index is 11.8. The van der Waals surface area contributed by atoms with E-state index in [1.54, 1.807) is 0 Å². The van der Waals surface area contributed by atoms with Gasteiger partial charge in [0.25, 0.3) is 0 Å². The summed E-state index contributed by atoms with van der Waals surface area (Å²) < 4.78 is 35.4. The Morgan fingerprint density at radius 2 is 1.94 bits per heavy atom. The molecule has 1 atom stereocenters. The van der Waals surface area contributed by atoms with Crippen LogP contribution in [0.3, 0.4) is 0 Å². The summed E-state index contributed by atoms with van der Waals surface area (Å²) in [5.74, 6) is -0.0140. The Morgan fingerprint density at radius 3 is 2.53 bits per heavy atom. The average molecular weight is 272 g/mol. The molecule has 2 N–H and O–H groups in total. The predicted molar refractivity (Wildman–Crippen MR) is 63.1 cm³/mol. The third kappa shape index (κ3) is 7.86. The lowest BCUT2D eigenvalue weighted by Crippen LogP contribution is -2.37. The maximum Gasteiger partial charge on any atom is 0.441 e. The number of aliphatic hydroxyl groups excluding tert-OH is 1. The standard InChI is InChI=1S/C10H19F3N2OS/c11-10(12,13)17-6-3-14-7-9(16)8-15-4-1-2-5-15/h9,14,16H,1-8H2. The molecule has 0 aromatic carbocycles. The quantitative estimate of drug-likeness (QED) is 0.685. The number of β-amino-alcohol motifs (C(OH)–C–C–N with tert-alkyl or cyclic N) is 1. The third-order valence-electron chi connectivity index (χ3n) is 2.59. The van der Waals surface area contributed by atoms with Crippen LogP contribution in [-0.4, -0.2) is 60.1 Å². The number of nitrogens with zero attached hydrogens (tertiary/aromatic N) is 1. The molecule has 0 amide bonds. The van der Waals surface area contributed by atoms with Crippen molar-refractivity contribution in [2.75, 3.05) is 38.5 Å². The van der Waals surface area contributed by atoms with E-state index in [2.05, 4.69) is 10.2 Å². The van der Waals surface area contributed by atoms with Gasteiger partial charge in [0, 0.05) is 25.4 Å². The summed E-state index contributed by atoms with van der Waals surface area (Å²) in [5, 5.41) is 12.5. The number of thioether (sulfide) groups is 1. The molecule has 1 saturated heterocycles. The molecule has 1 aliphatic rings. The molecular weight excluding hydrogens is 253 g/mol. The minimum absolute atomic E-state index is 0.0140. The lowest BCUT2D eigenvalue weighted by Gasteiger charge is -2.19. The largest absolute Gasteiger partial charge is 0.441 e. The van der Waals surface area contributed by atoms with E-state index >= 15 is 0 Å². The monoisotopic (exact) mass is 272 g/mol. The van der Waals surface area contributed by atoms with Gasteiger partial charge < -0.3 is 15.3 Å². The topological polar surface area (TPSA) is 35.5 Å². The molecule has 0 aliphatic carbocycles. The highest BCUT2D eigenvalue weighted by Crippen LogP contribution is 2.29. The first-order valence-corrected chi connectivity index (χ1v) is 6.78. The van der Waals surface area contributed by atoms with Crippen LogP contribution in [0, 0.1) is 0 Å². The molecule has 17 heavy (non-hydrogen) atoms. The average Bonchev–Trinajstić information content (AvgIpc) is 2.68. The highest BCUT2D eigenvalue weighted by Gasteiger charge is 2.27. The van der Waals surface area contributed by atoms with Crippen LogP contribution >= 0.6 is 11.8 Å². The normalized spacial score (nSPS) is 19.8. The van der Waals surface area contributed by atoms with Gasteiger partial charge in [0.2, 0.25) is 0 Å². The third-order valence-corrected chi connectivity index (χ3v) is 3.33. The number of aliphatic hydroxyl groups is 1. The first-order valence-electron chi connectivity index (χ1n) is 5.79. The molecule has 0 bridgehead atoms. The maximum absolute atomic E-state index is 11.8. The van der Waals surface area contributed by atoms with Crippen LogP contribution in [-0.2, 0) is 0 Å². The van der Waals surface area contributed by atoms with Crippen molar-refractivity contribution in [2.24, 2.45) is 0 Å². The number of alkyl halides is 3. The van der Waals surface area contributed by atoms with Gasteiger partial charge in [-0.15, -0.1) is 0 Å². The van der Waals surface area contributed by atoms with Crippen LogP contribution in [0.5, 0.6) is 0 Å². The summed E-state index contributed by atoms with van der Waals surface area (Å²) in [4.78, 5) is 2.18. The molecule has 0 aromatic rings. The second kappa shape index (κ2) is 7.45. The predicted octanol–water partition coefficient (Wildman–Crippen LogP) is 1.29. The molecule has 0 radical (unpaired) electrons. The van der Waals surface area contributed by atoms with Gasteiger partial charge >= 0.3 is 5.51 Å². The van der Waals surface area contributed by atoms with Crippen molar-refractivity contribution in [2.45, 2.75) is 24.5 Å². The van der Waals surface area contributed by atoms with Gasteiger partial charge in [-0.2, -0.15) is 13.2 Å². The van der Waals surface area contributed by atoms with Crippen LogP contribution in [0.4, 0.5) is 13.2 Å². The second-order valence-corrected chi connectivity index (χ2v) is 5.32. The minimum atomic E-state index is -4.16. The van der Waals surface area contributed by atoms with Gasteiger partial charge in [0.15, 0.2) is 0 Å². The number of hydrogen-bond donors (Lipinski definition) is 2. The van der Waals surface area contributed by atoms with Gasteiger partial charge in [0.1, 0.15) is 0 Å². The van der Waals surface area contributed by atoms with Crippen LogP contribution in [0.1, 0.15) is 12.8 Å². The highest BCUT2D eigenvalue weighted by molar-refractivity contribution is 8.00. The van der Waals surface area contributed by atoms with E-state index in [1.165, 1.54) is 12.8 Å². The van der Waals surface area contributed by atoms with E-state index in [4.69, 9.17) is 0 Å². The number of nitrogens with one attached hydrogen (secondary N) is 1. The summed E-state index contributed by atoms with van der Waals surface area (Å²) in [6.07, 6.45) is 1.84. The number of rotatable bonds is 7. The van der Waals surface area contributed by atoms with Gasteiger partial charge in [-0.25, -0.2) is 0 Å². The van der Waals surface area contributed by atoms with E-state index in [0.29, 0.717) is 13.1 Å². The molecule has 1 heterocycles. The Labute approximate surface area is 104 Å². The second-order valence-electron chi connectivity index (χ2n) is 4.16. The molecule has 0 aromatic heterocycles. The Hall–Kier alpha value is 0.0200. The van der Waals surface area contributed by atoms with Crippen molar-refractivity contribution in [1.29, 1.82) is 0 Å². The van der Waals surface area contributed by atoms with Gasteiger partial charge in [-0.3, -0.25) is 0 Å². The van der Waals surface area contributed by atoms with E-state index in [0.717, 1.165) is 13.1 Å². The van der Waals surface area contributed by atoms with E-state index in [-0.39, 0.29) is 24.1 Å². The number of hydrogen-bond acceptors (Lipinski definition) is 4. The van der Waals surface area contributed by atoms with E-state index in [9.17, 15) is 18.3 Å². The zero-order valence-electron chi connectivity index (χ0n) is 9.67. The summed E-state index contributed by atoms with van der Waals surface area (Å²) >= 11 is -0.0364. The molecule has 0 saturated carbocycles. The zero-order valence-corrected chi connectivity index (χ0v) is 10.5. The van der Waals surface area contributed by atoms with Gasteiger partial charge in [-0.05, 0) is 37.7 Å². The summed E-state index contributed by atoms with van der Waals surface area (Å²) in [5.41, 5.74) is -4.16. The van der Waals surface area contributed by atoms with E-state index < -0.39 is 11.6 Å². The Bertz CT molecular complexity index is 210. The fraction of sp³-hybridized carbons (Fsp3) is 1.00. The molecule has 1 unspecified atom stereocenters. The van der Waals surface area contributed by atoms with E-state index in [1.807, 2.05) is 0 Å². The summed E-state index contributed by atoms with van der Waals surface area (Å²) in [6, 6.07) is 0.